The molecule has 6 heteroatoms. The van der Waals surface area contributed by atoms with Crippen molar-refractivity contribution in [2.75, 3.05) is 20.8 Å². The lowest BCUT2D eigenvalue weighted by atomic mass is 10.2. The summed E-state index contributed by atoms with van der Waals surface area (Å²) in [7, 11) is 3.18. The summed E-state index contributed by atoms with van der Waals surface area (Å²) < 4.78 is 23.6. The van der Waals surface area contributed by atoms with E-state index in [-0.39, 0.29) is 11.7 Å². The first-order chi connectivity index (χ1) is 13.1. The third kappa shape index (κ3) is 5.44. The molecular weight excluding hydrogens is 347 g/mol. The van der Waals surface area contributed by atoms with E-state index in [1.54, 1.807) is 26.4 Å². The second-order valence-corrected chi connectivity index (χ2v) is 6.88. The molecule has 2 aromatic carbocycles. The van der Waals surface area contributed by atoms with E-state index in [0.29, 0.717) is 30.6 Å². The Balaban J connectivity index is 1.54. The molecule has 1 atom stereocenters. The highest BCUT2D eigenvalue weighted by atomic mass is 19.1. The number of halogens is 1. The molecule has 2 N–H and O–H groups in total. The average molecular weight is 373 g/mol. The van der Waals surface area contributed by atoms with Crippen LogP contribution in [0.25, 0.3) is 0 Å². The van der Waals surface area contributed by atoms with Gasteiger partial charge in [-0.05, 0) is 29.8 Å². The van der Waals surface area contributed by atoms with E-state index >= 15 is 0 Å². The molecule has 1 saturated carbocycles. The second-order valence-electron chi connectivity index (χ2n) is 6.88. The monoisotopic (exact) mass is 373 g/mol. The number of hydrogen-bond donors (Lipinski definition) is 2. The molecule has 27 heavy (non-hydrogen) atoms. The van der Waals surface area contributed by atoms with Crippen LogP contribution in [0.4, 0.5) is 4.39 Å². The maximum atomic E-state index is 13.1. The second kappa shape index (κ2) is 8.86. The third-order valence-corrected chi connectivity index (χ3v) is 4.82. The number of nitrogens with one attached hydrogen (secondary N) is 2. The molecule has 3 rings (SSSR count). The van der Waals surface area contributed by atoms with E-state index in [4.69, 9.17) is 9.47 Å². The predicted octanol–water partition coefficient (Wildman–Crippen LogP) is 1.71. The van der Waals surface area contributed by atoms with Gasteiger partial charge in [-0.2, -0.15) is 0 Å². The standard InChI is InChI=1S/C21H25FN2O3/c1-26-19-10-5-16(11-20(19)27-2)12-23-21(25)14-24(18-8-9-18)13-15-3-6-17(22)7-4-15/h3-7,10-11,18H,8-9,12-14H2,1-2H3,(H,23,25)/p+1. The highest BCUT2D eigenvalue weighted by molar-refractivity contribution is 5.76. The van der Waals surface area contributed by atoms with E-state index in [1.807, 2.05) is 18.2 Å². The number of rotatable bonds is 9. The molecule has 0 radical (unpaired) electrons. The topological polar surface area (TPSA) is 52.0 Å². The molecule has 1 aliphatic carbocycles. The van der Waals surface area contributed by atoms with Crippen molar-refractivity contribution >= 4 is 5.91 Å². The maximum Gasteiger partial charge on any atom is 0.275 e. The summed E-state index contributed by atoms with van der Waals surface area (Å²) in [6.45, 7) is 1.58. The molecule has 0 aliphatic heterocycles. The van der Waals surface area contributed by atoms with Gasteiger partial charge in [0.25, 0.3) is 5.91 Å². The van der Waals surface area contributed by atoms with Crippen molar-refractivity contribution in [3.63, 3.8) is 0 Å². The Kier molecular flexibility index (Phi) is 6.29. The summed E-state index contributed by atoms with van der Waals surface area (Å²) in [5.74, 6) is 1.08. The number of carbonyl (C=O) groups is 1. The fourth-order valence-electron chi connectivity index (χ4n) is 3.17. The van der Waals surface area contributed by atoms with Gasteiger partial charge in [0, 0.05) is 24.9 Å². The Morgan fingerprint density at radius 3 is 2.37 bits per heavy atom. The van der Waals surface area contributed by atoms with Gasteiger partial charge < -0.3 is 19.7 Å². The van der Waals surface area contributed by atoms with Gasteiger partial charge >= 0.3 is 0 Å². The van der Waals surface area contributed by atoms with Crippen molar-refractivity contribution < 1.29 is 23.6 Å². The molecular formula is C21H26FN2O3+. The first kappa shape index (κ1) is 19.2. The zero-order valence-electron chi connectivity index (χ0n) is 15.8. The van der Waals surface area contributed by atoms with E-state index in [1.165, 1.54) is 17.0 Å². The van der Waals surface area contributed by atoms with Gasteiger partial charge in [0.05, 0.1) is 20.3 Å². The summed E-state index contributed by atoms with van der Waals surface area (Å²) in [5, 5.41) is 2.98. The van der Waals surface area contributed by atoms with Crippen LogP contribution in [-0.2, 0) is 17.9 Å². The van der Waals surface area contributed by atoms with Gasteiger partial charge in [-0.3, -0.25) is 4.79 Å². The normalized spacial score (nSPS) is 14.5. The number of benzene rings is 2. The average Bonchev–Trinajstić information content (AvgIpc) is 3.52. The molecule has 1 amide bonds. The Labute approximate surface area is 159 Å². The molecule has 1 unspecified atom stereocenters. The van der Waals surface area contributed by atoms with Crippen molar-refractivity contribution in [3.05, 3.63) is 59.4 Å². The highest BCUT2D eigenvalue weighted by Gasteiger charge is 2.34. The zero-order chi connectivity index (χ0) is 19.2. The number of hydrogen-bond acceptors (Lipinski definition) is 3. The zero-order valence-corrected chi connectivity index (χ0v) is 15.8. The van der Waals surface area contributed by atoms with Crippen molar-refractivity contribution in [1.82, 2.24) is 5.32 Å². The largest absolute Gasteiger partial charge is 0.493 e. The summed E-state index contributed by atoms with van der Waals surface area (Å²) in [4.78, 5) is 13.7. The molecule has 2 aromatic rings. The molecule has 0 bridgehead atoms. The minimum Gasteiger partial charge on any atom is -0.493 e. The SMILES string of the molecule is COc1ccc(CNC(=O)C[NH+](Cc2ccc(F)cc2)C2CC2)cc1OC. The van der Waals surface area contributed by atoms with Crippen molar-refractivity contribution in [3.8, 4) is 11.5 Å². The van der Waals surface area contributed by atoms with E-state index in [0.717, 1.165) is 30.5 Å². The van der Waals surface area contributed by atoms with Gasteiger partial charge in [-0.15, -0.1) is 0 Å². The van der Waals surface area contributed by atoms with Gasteiger partial charge in [0.2, 0.25) is 0 Å². The molecule has 1 fully saturated rings. The first-order valence-electron chi connectivity index (χ1n) is 9.15. The molecule has 5 nitrogen and oxygen atoms in total. The van der Waals surface area contributed by atoms with Crippen molar-refractivity contribution in [2.45, 2.75) is 32.0 Å². The number of quaternary nitrogens is 1. The molecule has 1 aliphatic rings. The van der Waals surface area contributed by atoms with Crippen LogP contribution in [0.5, 0.6) is 11.5 Å². The first-order valence-corrected chi connectivity index (χ1v) is 9.15. The van der Waals surface area contributed by atoms with Gasteiger partial charge in [-0.25, -0.2) is 4.39 Å². The van der Waals surface area contributed by atoms with Crippen molar-refractivity contribution in [1.29, 1.82) is 0 Å². The summed E-state index contributed by atoms with van der Waals surface area (Å²) in [6.07, 6.45) is 2.28. The van der Waals surface area contributed by atoms with Crippen LogP contribution >= 0.6 is 0 Å². The van der Waals surface area contributed by atoms with Crippen LogP contribution < -0.4 is 19.7 Å². The van der Waals surface area contributed by atoms with Crippen LogP contribution in [0.3, 0.4) is 0 Å². The minimum atomic E-state index is -0.237. The Morgan fingerprint density at radius 1 is 1.07 bits per heavy atom. The Morgan fingerprint density at radius 2 is 1.74 bits per heavy atom. The number of methoxy groups -OCH3 is 2. The van der Waals surface area contributed by atoms with Gasteiger partial charge in [-0.1, -0.05) is 18.2 Å². The van der Waals surface area contributed by atoms with Gasteiger partial charge in [0.15, 0.2) is 18.0 Å². The highest BCUT2D eigenvalue weighted by Crippen LogP contribution is 2.27. The summed E-state index contributed by atoms with van der Waals surface area (Å²) in [5.41, 5.74) is 2.00. The van der Waals surface area contributed by atoms with Crippen LogP contribution in [0.1, 0.15) is 24.0 Å². The lowest BCUT2D eigenvalue weighted by molar-refractivity contribution is -0.917. The Bertz CT molecular complexity index is 775. The van der Waals surface area contributed by atoms with E-state index < -0.39 is 0 Å². The third-order valence-electron chi connectivity index (χ3n) is 4.82. The van der Waals surface area contributed by atoms with Crippen LogP contribution in [0.2, 0.25) is 0 Å². The summed E-state index contributed by atoms with van der Waals surface area (Å²) in [6, 6.07) is 12.6. The van der Waals surface area contributed by atoms with Crippen LogP contribution in [0.15, 0.2) is 42.5 Å². The molecule has 0 aromatic heterocycles. The van der Waals surface area contributed by atoms with Crippen LogP contribution in [-0.4, -0.2) is 32.7 Å². The summed E-state index contributed by atoms with van der Waals surface area (Å²) >= 11 is 0. The maximum absolute atomic E-state index is 13.1. The quantitative estimate of drug-likeness (QED) is 0.704. The lowest BCUT2D eigenvalue weighted by Crippen LogP contribution is -3.13. The predicted molar refractivity (Wildman–Crippen MR) is 100 cm³/mol. The molecule has 0 heterocycles. The van der Waals surface area contributed by atoms with Crippen molar-refractivity contribution in [2.24, 2.45) is 0 Å². The van der Waals surface area contributed by atoms with Crippen LogP contribution in [0, 0.1) is 5.82 Å². The minimum absolute atomic E-state index is 0.00814. The fourth-order valence-corrected chi connectivity index (χ4v) is 3.17. The van der Waals surface area contributed by atoms with Gasteiger partial charge in [0.1, 0.15) is 12.4 Å². The number of ether oxygens (including phenoxy) is 2. The lowest BCUT2D eigenvalue weighted by Gasteiger charge is -2.19. The Hall–Kier alpha value is -2.60. The van der Waals surface area contributed by atoms with E-state index in [9.17, 15) is 9.18 Å². The molecule has 144 valence electrons. The smallest absolute Gasteiger partial charge is 0.275 e. The molecule has 0 spiro atoms. The fraction of sp³-hybridized carbons (Fsp3) is 0.381. The molecule has 0 saturated heterocycles. The number of carbonyl (C=O) groups excluding carboxylic acids is 1. The number of amides is 1. The van der Waals surface area contributed by atoms with E-state index in [2.05, 4.69) is 5.32 Å².